The molecule has 9 heteroatoms. The number of carbonyl (C=O) groups is 1. The molecule has 0 radical (unpaired) electrons. The second-order valence-corrected chi connectivity index (χ2v) is 10.9. The smallest absolute Gasteiger partial charge is 0.298 e. The average Bonchev–Trinajstić information content (AvgIpc) is 3.35. The fraction of sp³-hybridized carbons (Fsp3) is 0.296. The van der Waals surface area contributed by atoms with Gasteiger partial charge in [0.25, 0.3) is 0 Å². The highest BCUT2D eigenvalue weighted by atomic mass is 32.2. The summed E-state index contributed by atoms with van der Waals surface area (Å²) in [6, 6.07) is 15.9. The highest BCUT2D eigenvalue weighted by molar-refractivity contribution is 7.89. The molecular formula is C27H25F4NO3S. The third kappa shape index (κ3) is 5.52. The Bertz CT molecular complexity index is 1340. The Morgan fingerprint density at radius 1 is 1.00 bits per heavy atom. The van der Waals surface area contributed by atoms with Gasteiger partial charge in [-0.1, -0.05) is 43.3 Å². The molecule has 1 saturated heterocycles. The van der Waals surface area contributed by atoms with Crippen LogP contribution in [0, 0.1) is 5.82 Å². The van der Waals surface area contributed by atoms with E-state index < -0.39 is 33.6 Å². The van der Waals surface area contributed by atoms with Crippen LogP contribution >= 0.6 is 0 Å². The van der Waals surface area contributed by atoms with Crippen LogP contribution in [0.3, 0.4) is 0 Å². The van der Waals surface area contributed by atoms with Crippen LogP contribution in [-0.4, -0.2) is 31.1 Å². The fourth-order valence-corrected chi connectivity index (χ4v) is 6.20. The average molecular weight is 520 g/mol. The van der Waals surface area contributed by atoms with Gasteiger partial charge in [0.05, 0.1) is 16.5 Å². The molecule has 0 bridgehead atoms. The van der Waals surface area contributed by atoms with Crippen LogP contribution in [0.25, 0.3) is 11.1 Å². The number of nitrogens with zero attached hydrogens (tertiary/aromatic N) is 1. The number of halogens is 4. The maximum atomic E-state index is 13.3. The lowest BCUT2D eigenvalue weighted by molar-refractivity contribution is -0.137. The van der Waals surface area contributed by atoms with E-state index >= 15 is 0 Å². The molecule has 0 N–H and O–H groups in total. The number of alkyl halides is 3. The molecule has 4 rings (SSSR count). The summed E-state index contributed by atoms with van der Waals surface area (Å²) in [5, 5.41) is 0. The predicted octanol–water partition coefficient (Wildman–Crippen LogP) is 6.43. The Balaban J connectivity index is 1.49. The third-order valence-electron chi connectivity index (χ3n) is 6.50. The zero-order valence-corrected chi connectivity index (χ0v) is 20.3. The predicted molar refractivity (Wildman–Crippen MR) is 128 cm³/mol. The molecule has 1 heterocycles. The number of Topliss-reactive ketones (excluding diaryl/α,β-unsaturated/α-hetero) is 1. The summed E-state index contributed by atoms with van der Waals surface area (Å²) in [7, 11) is -3.94. The first-order chi connectivity index (χ1) is 17.0. The molecule has 0 unspecified atom stereocenters. The first kappa shape index (κ1) is 26.0. The van der Waals surface area contributed by atoms with E-state index in [4.69, 9.17) is 0 Å². The van der Waals surface area contributed by atoms with Crippen molar-refractivity contribution in [3.05, 3.63) is 89.7 Å². The maximum absolute atomic E-state index is 13.3. The molecule has 36 heavy (non-hydrogen) atoms. The van der Waals surface area contributed by atoms with Gasteiger partial charge in [0, 0.05) is 13.0 Å². The summed E-state index contributed by atoms with van der Waals surface area (Å²) in [6.07, 6.45) is -3.34. The van der Waals surface area contributed by atoms with Crippen LogP contribution in [-0.2, 0) is 21.0 Å². The van der Waals surface area contributed by atoms with Crippen LogP contribution < -0.4 is 0 Å². The van der Waals surface area contributed by atoms with E-state index in [1.54, 1.807) is 12.1 Å². The van der Waals surface area contributed by atoms with Crippen LogP contribution in [0.5, 0.6) is 0 Å². The van der Waals surface area contributed by atoms with Crippen molar-refractivity contribution in [1.29, 1.82) is 0 Å². The highest BCUT2D eigenvalue weighted by Crippen LogP contribution is 2.33. The van der Waals surface area contributed by atoms with Gasteiger partial charge >= 0.3 is 6.18 Å². The molecule has 3 aromatic rings. The molecule has 0 amide bonds. The van der Waals surface area contributed by atoms with Crippen molar-refractivity contribution in [2.45, 2.75) is 49.2 Å². The molecular weight excluding hydrogens is 494 g/mol. The van der Waals surface area contributed by atoms with Gasteiger partial charge in [-0.2, -0.15) is 17.5 Å². The van der Waals surface area contributed by atoms with Gasteiger partial charge in [0.2, 0.25) is 10.0 Å². The number of hydrogen-bond acceptors (Lipinski definition) is 3. The summed E-state index contributed by atoms with van der Waals surface area (Å²) in [4.78, 5) is 13.1. The lowest BCUT2D eigenvalue weighted by Gasteiger charge is -2.24. The van der Waals surface area contributed by atoms with Crippen molar-refractivity contribution in [3.63, 3.8) is 0 Å². The summed E-state index contributed by atoms with van der Waals surface area (Å²) in [5.74, 6) is -0.983. The van der Waals surface area contributed by atoms with Gasteiger partial charge in [-0.3, -0.25) is 4.79 Å². The van der Waals surface area contributed by atoms with Crippen LogP contribution in [0.4, 0.5) is 17.6 Å². The maximum Gasteiger partial charge on any atom is 0.416 e. The number of carbonyl (C=O) groups excluding carboxylic acids is 1. The molecule has 1 aliphatic rings. The van der Waals surface area contributed by atoms with E-state index in [1.165, 1.54) is 28.6 Å². The molecule has 1 aliphatic heterocycles. The van der Waals surface area contributed by atoms with Crippen molar-refractivity contribution in [3.8, 4) is 11.1 Å². The van der Waals surface area contributed by atoms with Gasteiger partial charge in [0.1, 0.15) is 5.82 Å². The molecule has 190 valence electrons. The summed E-state index contributed by atoms with van der Waals surface area (Å²) in [5.41, 5.74) is 1.45. The number of ketones is 1. The van der Waals surface area contributed by atoms with E-state index in [9.17, 15) is 30.8 Å². The zero-order chi connectivity index (χ0) is 26.1. The number of rotatable bonds is 7. The van der Waals surface area contributed by atoms with Crippen molar-refractivity contribution in [1.82, 2.24) is 4.31 Å². The zero-order valence-electron chi connectivity index (χ0n) is 19.5. The molecule has 0 spiro atoms. The van der Waals surface area contributed by atoms with Crippen LogP contribution in [0.1, 0.15) is 43.2 Å². The first-order valence-electron chi connectivity index (χ1n) is 11.5. The fourth-order valence-electron chi connectivity index (χ4n) is 4.52. The third-order valence-corrected chi connectivity index (χ3v) is 8.43. The van der Waals surface area contributed by atoms with Crippen molar-refractivity contribution >= 4 is 15.8 Å². The van der Waals surface area contributed by atoms with E-state index in [2.05, 4.69) is 0 Å². The SMILES string of the molecule is C[C@H](CC(=O)[C@@H]1CCCN1S(=O)(=O)c1ccc(F)cc1)c1cccc(-c2ccc(C(F)(F)F)cc2)c1. The quantitative estimate of drug-likeness (QED) is 0.338. The number of hydrogen-bond donors (Lipinski definition) is 0. The van der Waals surface area contributed by atoms with Crippen LogP contribution in [0.2, 0.25) is 0 Å². The molecule has 1 fully saturated rings. The Morgan fingerprint density at radius 3 is 2.31 bits per heavy atom. The molecule has 0 aromatic heterocycles. The van der Waals surface area contributed by atoms with E-state index in [-0.39, 0.29) is 29.6 Å². The largest absolute Gasteiger partial charge is 0.416 e. The minimum Gasteiger partial charge on any atom is -0.298 e. The van der Waals surface area contributed by atoms with Gasteiger partial charge in [0.15, 0.2) is 5.78 Å². The van der Waals surface area contributed by atoms with Gasteiger partial charge in [-0.05, 0) is 71.8 Å². The van der Waals surface area contributed by atoms with E-state index in [1.807, 2.05) is 19.1 Å². The molecule has 3 aromatic carbocycles. The Kier molecular flexibility index (Phi) is 7.33. The van der Waals surface area contributed by atoms with E-state index in [0.717, 1.165) is 35.4 Å². The van der Waals surface area contributed by atoms with Crippen molar-refractivity contribution < 1.29 is 30.8 Å². The normalized spacial score (nSPS) is 17.8. The molecule has 2 atom stereocenters. The molecule has 4 nitrogen and oxygen atoms in total. The lowest BCUT2D eigenvalue weighted by atomic mass is 9.90. The topological polar surface area (TPSA) is 54.5 Å². The van der Waals surface area contributed by atoms with Crippen molar-refractivity contribution in [2.75, 3.05) is 6.54 Å². The Morgan fingerprint density at radius 2 is 1.67 bits per heavy atom. The highest BCUT2D eigenvalue weighted by Gasteiger charge is 2.39. The van der Waals surface area contributed by atoms with E-state index in [0.29, 0.717) is 18.4 Å². The number of benzene rings is 3. The number of sulfonamides is 1. The Labute approximate surface area is 207 Å². The lowest BCUT2D eigenvalue weighted by Crippen LogP contribution is -2.40. The first-order valence-corrected chi connectivity index (χ1v) is 13.0. The Hall–Kier alpha value is -3.04. The standard InChI is InChI=1S/C27H25F4NO3S/c1-18(20-4-2-5-21(17-20)19-7-9-22(10-8-19)27(29,30)31)16-26(33)25-6-3-15-32(25)36(34,35)24-13-11-23(28)12-14-24/h2,4-5,7-14,17-18,25H,3,6,15-16H2,1H3/t18-,25+/m1/s1. The van der Waals surface area contributed by atoms with Crippen LogP contribution in [0.15, 0.2) is 77.7 Å². The second-order valence-electron chi connectivity index (χ2n) is 9.00. The van der Waals surface area contributed by atoms with Gasteiger partial charge < -0.3 is 0 Å². The molecule has 0 saturated carbocycles. The minimum atomic E-state index is -4.41. The molecule has 0 aliphatic carbocycles. The van der Waals surface area contributed by atoms with Gasteiger partial charge in [-0.15, -0.1) is 0 Å². The minimum absolute atomic E-state index is 0.0547. The van der Waals surface area contributed by atoms with Gasteiger partial charge in [-0.25, -0.2) is 12.8 Å². The summed E-state index contributed by atoms with van der Waals surface area (Å²) in [6.45, 7) is 2.07. The monoisotopic (exact) mass is 519 g/mol. The summed E-state index contributed by atoms with van der Waals surface area (Å²) >= 11 is 0. The summed E-state index contributed by atoms with van der Waals surface area (Å²) < 4.78 is 79.2. The van der Waals surface area contributed by atoms with Crippen molar-refractivity contribution in [2.24, 2.45) is 0 Å². The second kappa shape index (κ2) is 10.1.